The van der Waals surface area contributed by atoms with Crippen LogP contribution in [0.15, 0.2) is 34.9 Å². The van der Waals surface area contributed by atoms with Gasteiger partial charge in [-0.2, -0.15) is 0 Å². The molecule has 5 nitrogen and oxygen atoms in total. The zero-order chi connectivity index (χ0) is 13.7. The third-order valence-electron chi connectivity index (χ3n) is 2.72. The minimum atomic E-state index is -0.860. The van der Waals surface area contributed by atoms with Gasteiger partial charge in [-0.3, -0.25) is 4.79 Å². The van der Waals surface area contributed by atoms with Crippen LogP contribution >= 0.6 is 0 Å². The molecule has 0 radical (unpaired) electrons. The zero-order valence-electron chi connectivity index (χ0n) is 10.4. The highest BCUT2D eigenvalue weighted by Crippen LogP contribution is 2.21. The summed E-state index contributed by atoms with van der Waals surface area (Å²) in [4.78, 5) is 10.7. The molecule has 2 rings (SSSR count). The van der Waals surface area contributed by atoms with Gasteiger partial charge in [0.2, 0.25) is 0 Å². The van der Waals surface area contributed by atoms with Crippen molar-refractivity contribution in [2.24, 2.45) is 0 Å². The highest BCUT2D eigenvalue weighted by atomic mass is 16.5. The number of aliphatic hydroxyl groups is 1. The second-order valence-corrected chi connectivity index (χ2v) is 4.28. The molecule has 0 aliphatic rings. The van der Waals surface area contributed by atoms with E-state index in [1.165, 1.54) is 0 Å². The maximum atomic E-state index is 10.7. The molecule has 2 N–H and O–H groups in total. The molecule has 1 aromatic heterocycles. The Balaban J connectivity index is 2.16. The predicted octanol–water partition coefficient (Wildman–Crippen LogP) is 1.89. The molecule has 1 aromatic carbocycles. The molecule has 0 bridgehead atoms. The van der Waals surface area contributed by atoms with E-state index < -0.39 is 5.97 Å². The lowest BCUT2D eigenvalue weighted by atomic mass is 10.1. The largest absolute Gasteiger partial charge is 0.481 e. The van der Waals surface area contributed by atoms with Crippen molar-refractivity contribution in [3.8, 4) is 11.3 Å². The van der Waals surface area contributed by atoms with Gasteiger partial charge in [-0.15, -0.1) is 0 Å². The average molecular weight is 261 g/mol. The van der Waals surface area contributed by atoms with Crippen molar-refractivity contribution in [1.82, 2.24) is 5.16 Å². The Morgan fingerprint density at radius 3 is 2.89 bits per heavy atom. The molecule has 0 atom stereocenters. The lowest BCUT2D eigenvalue weighted by Crippen LogP contribution is -1.99. The summed E-state index contributed by atoms with van der Waals surface area (Å²) in [6.07, 6.45) is 1.26. The van der Waals surface area contributed by atoms with Crippen molar-refractivity contribution in [2.75, 3.05) is 6.61 Å². The van der Waals surface area contributed by atoms with Crippen molar-refractivity contribution < 1.29 is 19.5 Å². The van der Waals surface area contributed by atoms with Crippen LogP contribution in [0.1, 0.15) is 17.7 Å². The van der Waals surface area contributed by atoms with E-state index in [-0.39, 0.29) is 13.0 Å². The van der Waals surface area contributed by atoms with Crippen LogP contribution in [0.3, 0.4) is 0 Å². The molecular formula is C14H15NO4. The van der Waals surface area contributed by atoms with Crippen molar-refractivity contribution in [2.45, 2.75) is 19.3 Å². The monoisotopic (exact) mass is 261 g/mol. The van der Waals surface area contributed by atoms with E-state index in [0.29, 0.717) is 24.3 Å². The number of aliphatic carboxylic acids is 1. The quantitative estimate of drug-likeness (QED) is 0.829. The average Bonchev–Trinajstić information content (AvgIpc) is 2.84. The van der Waals surface area contributed by atoms with Crippen LogP contribution in [-0.4, -0.2) is 27.9 Å². The van der Waals surface area contributed by atoms with E-state index in [4.69, 9.17) is 14.7 Å². The van der Waals surface area contributed by atoms with E-state index in [2.05, 4.69) is 5.16 Å². The number of hydrogen-bond acceptors (Lipinski definition) is 4. The lowest BCUT2D eigenvalue weighted by Gasteiger charge is -1.99. The Morgan fingerprint density at radius 1 is 1.32 bits per heavy atom. The summed E-state index contributed by atoms with van der Waals surface area (Å²) in [6, 6.07) is 9.04. The van der Waals surface area contributed by atoms with E-state index in [0.717, 1.165) is 11.1 Å². The molecule has 2 aromatic rings. The number of benzene rings is 1. The third-order valence-corrected chi connectivity index (χ3v) is 2.72. The molecule has 0 amide bonds. The Kier molecular flexibility index (Phi) is 4.30. The molecule has 1 heterocycles. The summed E-state index contributed by atoms with van der Waals surface area (Å²) >= 11 is 0. The van der Waals surface area contributed by atoms with Crippen molar-refractivity contribution in [3.63, 3.8) is 0 Å². The summed E-state index contributed by atoms with van der Waals surface area (Å²) in [6.45, 7) is 0.115. The van der Waals surface area contributed by atoms with Crippen LogP contribution < -0.4 is 0 Å². The number of rotatable bonds is 6. The fourth-order valence-electron chi connectivity index (χ4n) is 1.84. The number of aliphatic hydroxyl groups excluding tert-OH is 1. The first-order chi connectivity index (χ1) is 9.19. The molecule has 0 fully saturated rings. The molecule has 0 spiro atoms. The van der Waals surface area contributed by atoms with E-state index in [1.807, 2.05) is 12.1 Å². The summed E-state index contributed by atoms with van der Waals surface area (Å²) < 4.78 is 5.16. The number of aryl methyl sites for hydroxylation is 1. The van der Waals surface area contributed by atoms with Crippen LogP contribution in [0.25, 0.3) is 11.3 Å². The van der Waals surface area contributed by atoms with Gasteiger partial charge in [0.1, 0.15) is 11.5 Å². The maximum absolute atomic E-state index is 10.7. The Labute approximate surface area is 110 Å². The number of hydrogen-bond donors (Lipinski definition) is 2. The number of carboxylic acid groups (broad SMARTS) is 1. The second kappa shape index (κ2) is 6.15. The van der Waals surface area contributed by atoms with Crippen LogP contribution in [0.5, 0.6) is 0 Å². The summed E-state index contributed by atoms with van der Waals surface area (Å²) in [7, 11) is 0. The van der Waals surface area contributed by atoms with Crippen molar-refractivity contribution in [1.29, 1.82) is 0 Å². The number of carbonyl (C=O) groups is 1. The minimum Gasteiger partial charge on any atom is -0.481 e. The van der Waals surface area contributed by atoms with Gasteiger partial charge in [-0.1, -0.05) is 23.4 Å². The summed E-state index contributed by atoms with van der Waals surface area (Å²) in [5.41, 5.74) is 2.24. The van der Waals surface area contributed by atoms with Crippen LogP contribution in [-0.2, 0) is 17.6 Å². The van der Waals surface area contributed by atoms with E-state index in [1.54, 1.807) is 18.2 Å². The highest BCUT2D eigenvalue weighted by molar-refractivity contribution is 5.71. The smallest absolute Gasteiger partial charge is 0.307 e. The van der Waals surface area contributed by atoms with Gasteiger partial charge in [0.05, 0.1) is 6.42 Å². The van der Waals surface area contributed by atoms with Gasteiger partial charge in [0.25, 0.3) is 0 Å². The lowest BCUT2D eigenvalue weighted by molar-refractivity contribution is -0.136. The third kappa shape index (κ3) is 3.66. The highest BCUT2D eigenvalue weighted by Gasteiger charge is 2.08. The summed E-state index contributed by atoms with van der Waals surface area (Å²) in [5, 5.41) is 21.5. The molecule has 0 saturated heterocycles. The normalized spacial score (nSPS) is 10.6. The Bertz CT molecular complexity index is 562. The molecule has 19 heavy (non-hydrogen) atoms. The van der Waals surface area contributed by atoms with Crippen molar-refractivity contribution in [3.05, 3.63) is 41.7 Å². The molecule has 5 heteroatoms. The van der Waals surface area contributed by atoms with E-state index >= 15 is 0 Å². The minimum absolute atomic E-state index is 0.0109. The van der Waals surface area contributed by atoms with Gasteiger partial charge < -0.3 is 14.7 Å². The fraction of sp³-hybridized carbons (Fsp3) is 0.286. The zero-order valence-corrected chi connectivity index (χ0v) is 10.4. The maximum Gasteiger partial charge on any atom is 0.307 e. The van der Waals surface area contributed by atoms with Gasteiger partial charge in [0, 0.05) is 24.7 Å². The predicted molar refractivity (Wildman–Crippen MR) is 68.7 cm³/mol. The van der Waals surface area contributed by atoms with Gasteiger partial charge >= 0.3 is 5.97 Å². The molecule has 0 aliphatic carbocycles. The molecule has 0 aliphatic heterocycles. The standard InChI is InChI=1S/C14H15NO4/c16-6-2-5-12-9-13(15-19-12)11-4-1-3-10(7-11)8-14(17)18/h1,3-4,7,9,16H,2,5-6,8H2,(H,17,18). The van der Waals surface area contributed by atoms with Crippen LogP contribution in [0.2, 0.25) is 0 Å². The number of carboxylic acids is 1. The molecule has 0 unspecified atom stereocenters. The SMILES string of the molecule is O=C(O)Cc1cccc(-c2cc(CCCO)on2)c1. The van der Waals surface area contributed by atoms with Crippen molar-refractivity contribution >= 4 is 5.97 Å². The fourth-order valence-corrected chi connectivity index (χ4v) is 1.84. The van der Waals surface area contributed by atoms with Crippen LogP contribution in [0, 0.1) is 0 Å². The second-order valence-electron chi connectivity index (χ2n) is 4.28. The van der Waals surface area contributed by atoms with E-state index in [9.17, 15) is 4.79 Å². The first-order valence-electron chi connectivity index (χ1n) is 6.06. The van der Waals surface area contributed by atoms with Gasteiger partial charge in [-0.05, 0) is 18.1 Å². The molecular weight excluding hydrogens is 246 g/mol. The van der Waals surface area contributed by atoms with Crippen LogP contribution in [0.4, 0.5) is 0 Å². The topological polar surface area (TPSA) is 83.6 Å². The molecule has 0 saturated carbocycles. The summed E-state index contributed by atoms with van der Waals surface area (Å²) in [5.74, 6) is -0.145. The van der Waals surface area contributed by atoms with Gasteiger partial charge in [0.15, 0.2) is 0 Å². The Hall–Kier alpha value is -2.14. The number of aromatic nitrogens is 1. The number of nitrogens with zero attached hydrogens (tertiary/aromatic N) is 1. The first-order valence-corrected chi connectivity index (χ1v) is 6.06. The first kappa shape index (κ1) is 13.3. The Morgan fingerprint density at radius 2 is 2.16 bits per heavy atom. The molecule has 100 valence electrons. The van der Waals surface area contributed by atoms with Gasteiger partial charge in [-0.25, -0.2) is 0 Å².